The first-order valence-electron chi connectivity index (χ1n) is 7.27. The van der Waals surface area contributed by atoms with Gasteiger partial charge in [0, 0.05) is 43.1 Å². The molecule has 0 unspecified atom stereocenters. The van der Waals surface area contributed by atoms with E-state index in [0.717, 1.165) is 17.8 Å². The molecule has 1 aromatic heterocycles. The minimum atomic E-state index is -0.0447. The van der Waals surface area contributed by atoms with Crippen molar-refractivity contribution in [1.82, 2.24) is 15.1 Å². The summed E-state index contributed by atoms with van der Waals surface area (Å²) in [7, 11) is 1.93. The maximum Gasteiger partial charge on any atom is 0.251 e. The van der Waals surface area contributed by atoms with Crippen LogP contribution in [0.5, 0.6) is 0 Å². The summed E-state index contributed by atoms with van der Waals surface area (Å²) < 4.78 is 1.83. The fraction of sp³-hybridized carbons (Fsp3) is 0.375. The van der Waals surface area contributed by atoms with Gasteiger partial charge in [0.2, 0.25) is 0 Å². The number of carbonyl (C=O) groups excluding carboxylic acids is 1. The predicted molar refractivity (Wildman–Crippen MR) is 84.4 cm³/mol. The second-order valence-corrected chi connectivity index (χ2v) is 4.92. The zero-order valence-electron chi connectivity index (χ0n) is 12.8. The van der Waals surface area contributed by atoms with Crippen molar-refractivity contribution in [2.24, 2.45) is 7.05 Å². The Balaban J connectivity index is 2.06. The van der Waals surface area contributed by atoms with E-state index in [9.17, 15) is 4.79 Å². The fourth-order valence-electron chi connectivity index (χ4n) is 2.26. The van der Waals surface area contributed by atoms with Gasteiger partial charge in [-0.2, -0.15) is 5.10 Å². The van der Waals surface area contributed by atoms with Crippen LogP contribution in [0.1, 0.15) is 35.5 Å². The van der Waals surface area contributed by atoms with Crippen molar-refractivity contribution in [2.75, 3.05) is 11.9 Å². The zero-order valence-corrected chi connectivity index (χ0v) is 12.8. The van der Waals surface area contributed by atoms with Gasteiger partial charge in [0.05, 0.1) is 5.69 Å². The molecule has 0 fully saturated rings. The Labute approximate surface area is 125 Å². The van der Waals surface area contributed by atoms with Gasteiger partial charge in [-0.15, -0.1) is 0 Å². The Hall–Kier alpha value is -2.30. The van der Waals surface area contributed by atoms with Crippen molar-refractivity contribution >= 4 is 11.6 Å². The van der Waals surface area contributed by atoms with Crippen LogP contribution in [0.4, 0.5) is 5.69 Å². The maximum absolute atomic E-state index is 11.8. The summed E-state index contributed by atoms with van der Waals surface area (Å²) in [5, 5.41) is 10.6. The second kappa shape index (κ2) is 6.92. The average Bonchev–Trinajstić information content (AvgIpc) is 2.86. The first-order chi connectivity index (χ1) is 10.1. The van der Waals surface area contributed by atoms with E-state index in [1.165, 1.54) is 5.56 Å². The molecule has 5 heteroatoms. The molecule has 0 spiro atoms. The van der Waals surface area contributed by atoms with Crippen molar-refractivity contribution in [3.63, 3.8) is 0 Å². The minimum absolute atomic E-state index is 0.0447. The quantitative estimate of drug-likeness (QED) is 0.857. The van der Waals surface area contributed by atoms with E-state index < -0.39 is 0 Å². The lowest BCUT2D eigenvalue weighted by molar-refractivity contribution is 0.0956. The molecular weight excluding hydrogens is 264 g/mol. The third kappa shape index (κ3) is 3.84. The standard InChI is InChI=1S/C16H22N4O/c1-4-15-13(11-20(3)19-15)10-18-14-8-6-7-12(9-14)16(21)17-5-2/h6-9,11,18H,4-5,10H2,1-3H3,(H,17,21). The van der Waals surface area contributed by atoms with Crippen LogP contribution in [0.15, 0.2) is 30.5 Å². The Morgan fingerprint density at radius 1 is 1.33 bits per heavy atom. The third-order valence-corrected chi connectivity index (χ3v) is 3.27. The van der Waals surface area contributed by atoms with E-state index in [2.05, 4.69) is 22.7 Å². The number of aryl methyl sites for hydroxylation is 2. The summed E-state index contributed by atoms with van der Waals surface area (Å²) in [4.78, 5) is 11.8. The lowest BCUT2D eigenvalue weighted by Gasteiger charge is -2.08. The Kier molecular flexibility index (Phi) is 4.98. The summed E-state index contributed by atoms with van der Waals surface area (Å²) >= 11 is 0. The normalized spacial score (nSPS) is 10.4. The number of nitrogens with zero attached hydrogens (tertiary/aromatic N) is 2. The molecule has 2 N–H and O–H groups in total. The number of hydrogen-bond acceptors (Lipinski definition) is 3. The molecule has 0 bridgehead atoms. The molecular formula is C16H22N4O. The topological polar surface area (TPSA) is 59.0 Å². The number of carbonyl (C=O) groups is 1. The molecule has 0 atom stereocenters. The van der Waals surface area contributed by atoms with E-state index in [-0.39, 0.29) is 5.91 Å². The SMILES string of the molecule is CCNC(=O)c1cccc(NCc2cn(C)nc2CC)c1. The van der Waals surface area contributed by atoms with Crippen molar-refractivity contribution in [1.29, 1.82) is 0 Å². The number of hydrogen-bond donors (Lipinski definition) is 2. The number of anilines is 1. The van der Waals surface area contributed by atoms with Gasteiger partial charge in [0.15, 0.2) is 0 Å². The molecule has 2 rings (SSSR count). The molecule has 0 aliphatic heterocycles. The van der Waals surface area contributed by atoms with Crippen molar-refractivity contribution in [3.8, 4) is 0 Å². The summed E-state index contributed by atoms with van der Waals surface area (Å²) in [5.74, 6) is -0.0447. The Morgan fingerprint density at radius 3 is 2.86 bits per heavy atom. The summed E-state index contributed by atoms with van der Waals surface area (Å²) in [6, 6.07) is 7.53. The van der Waals surface area contributed by atoms with Gasteiger partial charge >= 0.3 is 0 Å². The van der Waals surface area contributed by atoms with Crippen LogP contribution in [0.3, 0.4) is 0 Å². The molecule has 0 saturated carbocycles. The lowest BCUT2D eigenvalue weighted by atomic mass is 10.1. The fourth-order valence-corrected chi connectivity index (χ4v) is 2.26. The largest absolute Gasteiger partial charge is 0.381 e. The highest BCUT2D eigenvalue weighted by Crippen LogP contribution is 2.14. The predicted octanol–water partition coefficient (Wildman–Crippen LogP) is 2.34. The van der Waals surface area contributed by atoms with Crippen LogP contribution in [0.2, 0.25) is 0 Å². The van der Waals surface area contributed by atoms with Crippen LogP contribution in [0.25, 0.3) is 0 Å². The molecule has 21 heavy (non-hydrogen) atoms. The van der Waals surface area contributed by atoms with Gasteiger partial charge in [0.1, 0.15) is 0 Å². The molecule has 1 amide bonds. The summed E-state index contributed by atoms with van der Waals surface area (Å²) in [5.41, 5.74) is 3.89. The molecule has 0 aliphatic carbocycles. The second-order valence-electron chi connectivity index (χ2n) is 4.92. The Morgan fingerprint density at radius 2 is 2.14 bits per heavy atom. The highest BCUT2D eigenvalue weighted by atomic mass is 16.1. The van der Waals surface area contributed by atoms with Gasteiger partial charge in [-0.25, -0.2) is 0 Å². The van der Waals surface area contributed by atoms with E-state index in [0.29, 0.717) is 18.7 Å². The molecule has 0 aliphatic rings. The van der Waals surface area contributed by atoms with Crippen LogP contribution < -0.4 is 10.6 Å². The molecule has 0 saturated heterocycles. The minimum Gasteiger partial charge on any atom is -0.381 e. The van der Waals surface area contributed by atoms with E-state index in [1.807, 2.05) is 49.1 Å². The van der Waals surface area contributed by atoms with E-state index >= 15 is 0 Å². The van der Waals surface area contributed by atoms with Crippen molar-refractivity contribution < 1.29 is 4.79 Å². The van der Waals surface area contributed by atoms with Crippen LogP contribution in [-0.2, 0) is 20.0 Å². The molecule has 112 valence electrons. The van der Waals surface area contributed by atoms with Gasteiger partial charge in [0.25, 0.3) is 5.91 Å². The molecule has 1 aromatic carbocycles. The molecule has 2 aromatic rings. The number of rotatable bonds is 6. The van der Waals surface area contributed by atoms with Crippen molar-refractivity contribution in [3.05, 3.63) is 47.3 Å². The first-order valence-corrected chi connectivity index (χ1v) is 7.27. The highest BCUT2D eigenvalue weighted by molar-refractivity contribution is 5.95. The maximum atomic E-state index is 11.8. The number of aromatic nitrogens is 2. The number of nitrogens with one attached hydrogen (secondary N) is 2. The number of amides is 1. The van der Waals surface area contributed by atoms with Gasteiger partial charge < -0.3 is 10.6 Å². The van der Waals surface area contributed by atoms with Gasteiger partial charge in [-0.05, 0) is 31.5 Å². The lowest BCUT2D eigenvalue weighted by Crippen LogP contribution is -2.22. The zero-order chi connectivity index (χ0) is 15.2. The smallest absolute Gasteiger partial charge is 0.251 e. The van der Waals surface area contributed by atoms with Gasteiger partial charge in [-0.3, -0.25) is 9.48 Å². The number of benzene rings is 1. The molecule has 5 nitrogen and oxygen atoms in total. The first kappa shape index (κ1) is 15.1. The van der Waals surface area contributed by atoms with E-state index in [4.69, 9.17) is 0 Å². The molecule has 1 heterocycles. The van der Waals surface area contributed by atoms with Crippen LogP contribution >= 0.6 is 0 Å². The van der Waals surface area contributed by atoms with Crippen LogP contribution in [0, 0.1) is 0 Å². The van der Waals surface area contributed by atoms with E-state index in [1.54, 1.807) is 0 Å². The highest BCUT2D eigenvalue weighted by Gasteiger charge is 2.07. The van der Waals surface area contributed by atoms with Gasteiger partial charge in [-0.1, -0.05) is 13.0 Å². The average molecular weight is 286 g/mol. The Bertz CT molecular complexity index is 618. The summed E-state index contributed by atoms with van der Waals surface area (Å²) in [6.45, 7) is 5.35. The monoisotopic (exact) mass is 286 g/mol. The summed E-state index contributed by atoms with van der Waals surface area (Å²) in [6.07, 6.45) is 2.94. The third-order valence-electron chi connectivity index (χ3n) is 3.27. The molecule has 0 radical (unpaired) electrons. The van der Waals surface area contributed by atoms with Crippen molar-refractivity contribution in [2.45, 2.75) is 26.8 Å². The van der Waals surface area contributed by atoms with Crippen LogP contribution in [-0.4, -0.2) is 22.2 Å².